The summed E-state index contributed by atoms with van der Waals surface area (Å²) in [5.41, 5.74) is 5.23. The van der Waals surface area contributed by atoms with Crippen LogP contribution in [-0.4, -0.2) is 82.2 Å². The number of unbranched alkanes of at least 4 members (excludes halogenated alkanes) is 1. The van der Waals surface area contributed by atoms with Crippen molar-refractivity contribution >= 4 is 19.0 Å². The molecule has 10 heteroatoms. The van der Waals surface area contributed by atoms with Crippen molar-refractivity contribution in [1.82, 2.24) is 9.80 Å². The number of carbonyl (C=O) groups excluding carboxylic acids is 1. The molecular formula is C20H31BFN3O5. The van der Waals surface area contributed by atoms with E-state index in [4.69, 9.17) is 15.8 Å². The maximum atomic E-state index is 13.0. The molecule has 0 aromatic heterocycles. The predicted molar refractivity (Wildman–Crippen MR) is 111 cm³/mol. The van der Waals surface area contributed by atoms with Crippen molar-refractivity contribution in [3.8, 4) is 0 Å². The third kappa shape index (κ3) is 7.35. The Morgan fingerprint density at radius 1 is 1.03 bits per heavy atom. The van der Waals surface area contributed by atoms with Gasteiger partial charge in [-0.1, -0.05) is 12.8 Å². The van der Waals surface area contributed by atoms with Crippen LogP contribution in [0, 0.1) is 5.82 Å². The highest BCUT2D eigenvalue weighted by Crippen LogP contribution is 2.20. The molecule has 8 nitrogen and oxygen atoms in total. The summed E-state index contributed by atoms with van der Waals surface area (Å²) in [6.45, 7) is 3.19. The fourth-order valence-electron chi connectivity index (χ4n) is 3.67. The van der Waals surface area contributed by atoms with Crippen LogP contribution in [0.1, 0.15) is 42.5 Å². The standard InChI is InChI=1S/C20H31BFN3O5/c22-17-6-4-16(5-7-17)18(26)25-14-12-24(13-15-25)11-3-9-20(23,19(27)28)8-1-2-10-21(29)30/h4-7,29-30H,1-3,8-15,23H2,(H,27,28). The van der Waals surface area contributed by atoms with E-state index >= 15 is 0 Å². The van der Waals surface area contributed by atoms with E-state index in [0.29, 0.717) is 64.0 Å². The zero-order chi connectivity index (χ0) is 22.1. The van der Waals surface area contributed by atoms with E-state index in [1.54, 1.807) is 4.90 Å². The van der Waals surface area contributed by atoms with Crippen LogP contribution in [0.4, 0.5) is 4.39 Å². The Hall–Kier alpha value is -2.01. The molecule has 5 N–H and O–H groups in total. The van der Waals surface area contributed by atoms with Crippen molar-refractivity contribution in [3.05, 3.63) is 35.6 Å². The summed E-state index contributed by atoms with van der Waals surface area (Å²) in [7, 11) is -1.38. The second-order valence-electron chi connectivity index (χ2n) is 7.93. The molecule has 0 spiro atoms. The average molecular weight is 423 g/mol. The molecule has 0 radical (unpaired) electrons. The molecule has 0 saturated carbocycles. The molecule has 166 valence electrons. The second kappa shape index (κ2) is 11.4. The molecule has 1 heterocycles. The number of amides is 1. The Morgan fingerprint density at radius 3 is 2.20 bits per heavy atom. The van der Waals surface area contributed by atoms with Crippen LogP contribution < -0.4 is 5.73 Å². The van der Waals surface area contributed by atoms with Crippen LogP contribution in [0.25, 0.3) is 0 Å². The largest absolute Gasteiger partial charge is 0.480 e. The minimum atomic E-state index is -1.38. The zero-order valence-electron chi connectivity index (χ0n) is 17.2. The Bertz CT molecular complexity index is 698. The van der Waals surface area contributed by atoms with Crippen molar-refractivity contribution in [2.45, 2.75) is 44.0 Å². The van der Waals surface area contributed by atoms with Crippen LogP contribution >= 0.6 is 0 Å². The van der Waals surface area contributed by atoms with Gasteiger partial charge >= 0.3 is 13.1 Å². The molecule has 1 fully saturated rings. The van der Waals surface area contributed by atoms with Gasteiger partial charge in [0.25, 0.3) is 5.91 Å². The monoisotopic (exact) mass is 423 g/mol. The first-order chi connectivity index (χ1) is 14.2. The van der Waals surface area contributed by atoms with Crippen molar-refractivity contribution in [3.63, 3.8) is 0 Å². The Morgan fingerprint density at radius 2 is 1.63 bits per heavy atom. The molecule has 30 heavy (non-hydrogen) atoms. The smallest absolute Gasteiger partial charge is 0.451 e. The summed E-state index contributed by atoms with van der Waals surface area (Å²) < 4.78 is 13.0. The summed E-state index contributed by atoms with van der Waals surface area (Å²) >= 11 is 0. The van der Waals surface area contributed by atoms with Gasteiger partial charge in [0, 0.05) is 31.7 Å². The normalized spacial score (nSPS) is 16.9. The molecule has 1 aliphatic heterocycles. The van der Waals surface area contributed by atoms with Gasteiger partial charge in [0.05, 0.1) is 0 Å². The number of piperazine rings is 1. The van der Waals surface area contributed by atoms with Gasteiger partial charge in [0.1, 0.15) is 11.4 Å². The first-order valence-electron chi connectivity index (χ1n) is 10.4. The van der Waals surface area contributed by atoms with E-state index in [0.717, 1.165) is 0 Å². The fraction of sp³-hybridized carbons (Fsp3) is 0.600. The van der Waals surface area contributed by atoms with Crippen LogP contribution in [0.5, 0.6) is 0 Å². The van der Waals surface area contributed by atoms with Gasteiger partial charge in [-0.3, -0.25) is 14.5 Å². The number of halogens is 1. The second-order valence-corrected chi connectivity index (χ2v) is 7.93. The van der Waals surface area contributed by atoms with Crippen molar-refractivity contribution in [1.29, 1.82) is 0 Å². The van der Waals surface area contributed by atoms with Gasteiger partial charge < -0.3 is 25.8 Å². The lowest BCUT2D eigenvalue weighted by atomic mass is 9.81. The lowest BCUT2D eigenvalue weighted by Crippen LogP contribution is -2.50. The average Bonchev–Trinajstić information content (AvgIpc) is 2.71. The van der Waals surface area contributed by atoms with Crippen molar-refractivity contribution in [2.24, 2.45) is 5.73 Å². The number of nitrogens with zero attached hydrogens (tertiary/aromatic N) is 2. The van der Waals surface area contributed by atoms with Gasteiger partial charge in [0.2, 0.25) is 0 Å². The quantitative estimate of drug-likeness (QED) is 0.306. The van der Waals surface area contributed by atoms with Gasteiger partial charge in [-0.15, -0.1) is 0 Å². The van der Waals surface area contributed by atoms with E-state index in [1.807, 2.05) is 0 Å². The topological polar surface area (TPSA) is 127 Å². The Labute approximate surface area is 176 Å². The summed E-state index contributed by atoms with van der Waals surface area (Å²) in [6, 6.07) is 5.52. The highest BCUT2D eigenvalue weighted by Gasteiger charge is 2.33. The van der Waals surface area contributed by atoms with E-state index in [9.17, 15) is 19.1 Å². The number of nitrogens with two attached hydrogens (primary N) is 1. The molecule has 1 unspecified atom stereocenters. The molecule has 0 aliphatic carbocycles. The molecule has 1 aromatic rings. The summed E-state index contributed by atoms with van der Waals surface area (Å²) in [5.74, 6) is -1.53. The minimum absolute atomic E-state index is 0.116. The number of hydrogen-bond acceptors (Lipinski definition) is 6. The molecule has 1 amide bonds. The lowest BCUT2D eigenvalue weighted by molar-refractivity contribution is -0.144. The highest BCUT2D eigenvalue weighted by atomic mass is 19.1. The number of carbonyl (C=O) groups is 2. The van der Waals surface area contributed by atoms with Gasteiger partial charge in [-0.2, -0.15) is 0 Å². The number of carboxylic acids is 1. The summed E-state index contributed by atoms with van der Waals surface area (Å²) in [6.07, 6.45) is 2.47. The number of rotatable bonds is 11. The molecule has 2 rings (SSSR count). The lowest BCUT2D eigenvalue weighted by Gasteiger charge is -2.35. The van der Waals surface area contributed by atoms with Crippen LogP contribution in [0.2, 0.25) is 6.32 Å². The molecule has 0 bridgehead atoms. The third-order valence-corrected chi connectivity index (χ3v) is 5.61. The predicted octanol–water partition coefficient (Wildman–Crippen LogP) is 0.789. The van der Waals surface area contributed by atoms with E-state index in [2.05, 4.69) is 4.90 Å². The minimum Gasteiger partial charge on any atom is -0.480 e. The van der Waals surface area contributed by atoms with Gasteiger partial charge in [-0.05, 0) is 56.4 Å². The Kier molecular flexibility index (Phi) is 9.22. The molecule has 1 atom stereocenters. The van der Waals surface area contributed by atoms with Crippen molar-refractivity contribution in [2.75, 3.05) is 32.7 Å². The number of hydrogen-bond donors (Lipinski definition) is 4. The summed E-state index contributed by atoms with van der Waals surface area (Å²) in [4.78, 5) is 28.0. The molecular weight excluding hydrogens is 392 g/mol. The number of carboxylic acid groups (broad SMARTS) is 1. The van der Waals surface area contributed by atoms with Gasteiger partial charge in [0.15, 0.2) is 0 Å². The fourth-order valence-corrected chi connectivity index (χ4v) is 3.67. The first-order valence-corrected chi connectivity index (χ1v) is 10.4. The number of benzene rings is 1. The van der Waals surface area contributed by atoms with E-state index in [1.165, 1.54) is 24.3 Å². The van der Waals surface area contributed by atoms with E-state index in [-0.39, 0.29) is 24.5 Å². The molecule has 1 aliphatic rings. The first kappa shape index (κ1) is 24.3. The third-order valence-electron chi connectivity index (χ3n) is 5.61. The molecule has 1 saturated heterocycles. The zero-order valence-corrected chi connectivity index (χ0v) is 17.2. The number of aliphatic carboxylic acids is 1. The van der Waals surface area contributed by atoms with E-state index < -0.39 is 18.6 Å². The van der Waals surface area contributed by atoms with Crippen LogP contribution in [0.15, 0.2) is 24.3 Å². The Balaban J connectivity index is 1.73. The maximum absolute atomic E-state index is 13.0. The van der Waals surface area contributed by atoms with Gasteiger partial charge in [-0.25, -0.2) is 4.39 Å². The van der Waals surface area contributed by atoms with Crippen molar-refractivity contribution < 1.29 is 29.1 Å². The SMILES string of the molecule is NC(CCCCB(O)O)(CCCN1CCN(C(=O)c2ccc(F)cc2)CC1)C(=O)O. The van der Waals surface area contributed by atoms with Crippen LogP contribution in [-0.2, 0) is 4.79 Å². The summed E-state index contributed by atoms with van der Waals surface area (Å²) in [5, 5.41) is 27.2. The van der Waals surface area contributed by atoms with Crippen LogP contribution in [0.3, 0.4) is 0 Å². The highest BCUT2D eigenvalue weighted by molar-refractivity contribution is 6.40. The molecule has 1 aromatic carbocycles. The maximum Gasteiger partial charge on any atom is 0.451 e.